The molecule has 1 saturated heterocycles. The first-order valence-corrected chi connectivity index (χ1v) is 9.52. The van der Waals surface area contributed by atoms with E-state index in [1.54, 1.807) is 19.3 Å². The Morgan fingerprint density at radius 1 is 1.18 bits per heavy atom. The van der Waals surface area contributed by atoms with E-state index in [2.05, 4.69) is 5.10 Å². The highest BCUT2D eigenvalue weighted by Gasteiger charge is 2.29. The number of benzene rings is 1. The fraction of sp³-hybridized carbons (Fsp3) is 0.381. The van der Waals surface area contributed by atoms with Crippen molar-refractivity contribution < 1.29 is 13.6 Å². The molecule has 0 aliphatic carbocycles. The third kappa shape index (κ3) is 3.40. The number of hydrogen-bond donors (Lipinski definition) is 0. The molecule has 1 amide bonds. The lowest BCUT2D eigenvalue weighted by molar-refractivity contribution is -0.133. The highest BCUT2D eigenvalue weighted by molar-refractivity contribution is 5.83. The van der Waals surface area contributed by atoms with E-state index in [1.165, 1.54) is 4.68 Å². The summed E-state index contributed by atoms with van der Waals surface area (Å²) < 4.78 is 12.0. The van der Waals surface area contributed by atoms with Gasteiger partial charge in [-0.2, -0.15) is 4.68 Å². The number of hydrogen-bond acceptors (Lipinski definition) is 5. The zero-order chi connectivity index (χ0) is 19.7. The van der Waals surface area contributed by atoms with Gasteiger partial charge in [0.25, 0.3) is 5.89 Å². The average Bonchev–Trinajstić information content (AvgIpc) is 3.33. The van der Waals surface area contributed by atoms with Crippen LogP contribution in [0.15, 0.2) is 56.3 Å². The van der Waals surface area contributed by atoms with Gasteiger partial charge in [-0.15, -0.1) is 5.10 Å². The number of carbonyl (C=O) groups excluding carboxylic acids is 1. The summed E-state index contributed by atoms with van der Waals surface area (Å²) in [6, 6.07) is 11.4. The van der Waals surface area contributed by atoms with Crippen molar-refractivity contribution in [2.45, 2.75) is 38.6 Å². The number of carbonyl (C=O) groups is 1. The Hall–Kier alpha value is -3.09. The summed E-state index contributed by atoms with van der Waals surface area (Å²) in [5.41, 5.74) is 1.70. The van der Waals surface area contributed by atoms with Crippen LogP contribution in [-0.4, -0.2) is 33.7 Å². The second-order valence-corrected chi connectivity index (χ2v) is 7.20. The van der Waals surface area contributed by atoms with Crippen LogP contribution in [0.25, 0.3) is 11.5 Å². The number of nitrogens with zero attached hydrogens (tertiary/aromatic N) is 3. The molecule has 0 radical (unpaired) electrons. The van der Waals surface area contributed by atoms with Gasteiger partial charge in [0.1, 0.15) is 5.76 Å². The van der Waals surface area contributed by atoms with Crippen LogP contribution in [0, 0.1) is 6.92 Å². The van der Waals surface area contributed by atoms with Crippen LogP contribution in [0.1, 0.15) is 43.0 Å². The van der Waals surface area contributed by atoms with Crippen LogP contribution < -0.4 is 5.76 Å². The van der Waals surface area contributed by atoms with E-state index in [1.807, 2.05) is 42.2 Å². The van der Waals surface area contributed by atoms with E-state index in [9.17, 15) is 9.59 Å². The molecule has 0 spiro atoms. The molecule has 1 unspecified atom stereocenters. The first kappa shape index (κ1) is 18.3. The van der Waals surface area contributed by atoms with Crippen molar-refractivity contribution in [1.82, 2.24) is 14.7 Å². The fourth-order valence-corrected chi connectivity index (χ4v) is 3.72. The van der Waals surface area contributed by atoms with Gasteiger partial charge in [0.15, 0.2) is 0 Å². The molecule has 1 aliphatic heterocycles. The molecule has 1 aliphatic rings. The van der Waals surface area contributed by atoms with Crippen LogP contribution in [0.2, 0.25) is 0 Å². The molecular formula is C21H23N3O4. The Kier molecular flexibility index (Phi) is 4.90. The van der Waals surface area contributed by atoms with Gasteiger partial charge >= 0.3 is 5.76 Å². The highest BCUT2D eigenvalue weighted by atomic mass is 16.4. The van der Waals surface area contributed by atoms with E-state index >= 15 is 0 Å². The molecule has 0 bridgehead atoms. The van der Waals surface area contributed by atoms with Crippen molar-refractivity contribution in [3.05, 3.63) is 64.5 Å². The van der Waals surface area contributed by atoms with Gasteiger partial charge in [0.05, 0.1) is 23.8 Å². The minimum absolute atomic E-state index is 0.0757. The average molecular weight is 381 g/mol. The Morgan fingerprint density at radius 2 is 1.89 bits per heavy atom. The lowest BCUT2D eigenvalue weighted by Crippen LogP contribution is -2.42. The van der Waals surface area contributed by atoms with Gasteiger partial charge in [0.2, 0.25) is 5.91 Å². The third-order valence-corrected chi connectivity index (χ3v) is 5.45. The van der Waals surface area contributed by atoms with Crippen LogP contribution in [-0.2, 0) is 4.79 Å². The maximum atomic E-state index is 12.8. The van der Waals surface area contributed by atoms with Gasteiger partial charge in [-0.1, -0.05) is 30.3 Å². The Labute approximate surface area is 162 Å². The normalized spacial score (nSPS) is 16.3. The van der Waals surface area contributed by atoms with Crippen LogP contribution in [0.5, 0.6) is 0 Å². The van der Waals surface area contributed by atoms with Crippen LogP contribution >= 0.6 is 0 Å². The summed E-state index contributed by atoms with van der Waals surface area (Å²) >= 11 is 0. The molecule has 0 saturated carbocycles. The molecule has 3 aromatic rings. The number of rotatable bonds is 4. The number of piperidine rings is 1. The van der Waals surface area contributed by atoms with E-state index in [4.69, 9.17) is 8.83 Å². The molecule has 7 nitrogen and oxygen atoms in total. The van der Waals surface area contributed by atoms with E-state index in [0.717, 1.165) is 5.56 Å². The molecule has 0 N–H and O–H groups in total. The minimum Gasteiger partial charge on any atom is -0.469 e. The van der Waals surface area contributed by atoms with Crippen molar-refractivity contribution in [3.63, 3.8) is 0 Å². The van der Waals surface area contributed by atoms with Crippen LogP contribution in [0.3, 0.4) is 0 Å². The first-order chi connectivity index (χ1) is 13.5. The zero-order valence-corrected chi connectivity index (χ0v) is 16.0. The zero-order valence-electron chi connectivity index (χ0n) is 16.0. The summed E-state index contributed by atoms with van der Waals surface area (Å²) in [7, 11) is 0. The number of likely N-dealkylation sites (tertiary alicyclic amines) is 1. The number of furan rings is 1. The van der Waals surface area contributed by atoms with E-state index < -0.39 is 5.76 Å². The highest BCUT2D eigenvalue weighted by Crippen LogP contribution is 2.27. The summed E-state index contributed by atoms with van der Waals surface area (Å²) in [5.74, 6) is 0.393. The predicted molar refractivity (Wildman–Crippen MR) is 103 cm³/mol. The summed E-state index contributed by atoms with van der Waals surface area (Å²) in [6.07, 6.45) is 2.88. The number of amides is 1. The van der Waals surface area contributed by atoms with Crippen molar-refractivity contribution in [2.24, 2.45) is 0 Å². The molecule has 4 rings (SSSR count). The minimum atomic E-state index is -0.474. The second-order valence-electron chi connectivity index (χ2n) is 7.20. The molecule has 28 heavy (non-hydrogen) atoms. The number of aromatic nitrogens is 2. The molecule has 7 heteroatoms. The number of aryl methyl sites for hydroxylation is 1. The van der Waals surface area contributed by atoms with Crippen molar-refractivity contribution in [3.8, 4) is 11.5 Å². The van der Waals surface area contributed by atoms with E-state index in [-0.39, 0.29) is 23.8 Å². The van der Waals surface area contributed by atoms with Gasteiger partial charge < -0.3 is 13.7 Å². The second kappa shape index (κ2) is 7.50. The van der Waals surface area contributed by atoms with Crippen molar-refractivity contribution in [1.29, 1.82) is 0 Å². The van der Waals surface area contributed by atoms with Gasteiger partial charge in [-0.3, -0.25) is 4.79 Å². The summed E-state index contributed by atoms with van der Waals surface area (Å²) in [6.45, 7) is 4.93. The Balaban J connectivity index is 1.43. The van der Waals surface area contributed by atoms with Crippen molar-refractivity contribution in [2.75, 3.05) is 13.1 Å². The van der Waals surface area contributed by atoms with Crippen molar-refractivity contribution >= 4 is 5.91 Å². The topological polar surface area (TPSA) is 81.5 Å². The van der Waals surface area contributed by atoms with Gasteiger partial charge in [-0.05, 0) is 38.3 Å². The quantitative estimate of drug-likeness (QED) is 0.692. The van der Waals surface area contributed by atoms with E-state index in [0.29, 0.717) is 37.3 Å². The van der Waals surface area contributed by atoms with Gasteiger partial charge in [0, 0.05) is 13.1 Å². The smallest absolute Gasteiger partial charge is 0.437 e. The molecule has 146 valence electrons. The summed E-state index contributed by atoms with van der Waals surface area (Å²) in [5, 5.41) is 4.36. The molecule has 1 atom stereocenters. The largest absolute Gasteiger partial charge is 0.469 e. The maximum absolute atomic E-state index is 12.8. The van der Waals surface area contributed by atoms with Gasteiger partial charge in [-0.25, -0.2) is 4.79 Å². The molecular weight excluding hydrogens is 358 g/mol. The Bertz CT molecular complexity index is 1010. The monoisotopic (exact) mass is 381 g/mol. The summed E-state index contributed by atoms with van der Waals surface area (Å²) in [4.78, 5) is 27.0. The SMILES string of the molecule is Cc1occc1-c1nn(C2CCN(C(=O)C(C)c3ccccc3)CC2)c(=O)o1. The molecule has 3 heterocycles. The molecule has 1 aromatic carbocycles. The molecule has 1 fully saturated rings. The Morgan fingerprint density at radius 3 is 2.54 bits per heavy atom. The fourth-order valence-electron chi connectivity index (χ4n) is 3.72. The lowest BCUT2D eigenvalue weighted by Gasteiger charge is -2.33. The third-order valence-electron chi connectivity index (χ3n) is 5.45. The standard InChI is InChI=1S/C21H23N3O4/c1-14(16-6-4-3-5-7-16)20(25)23-11-8-17(9-12-23)24-21(26)28-19(22-24)18-10-13-27-15(18)2/h3-7,10,13-14,17H,8-9,11-12H2,1-2H3. The molecule has 2 aromatic heterocycles. The lowest BCUT2D eigenvalue weighted by atomic mass is 9.97. The first-order valence-electron chi connectivity index (χ1n) is 9.52. The predicted octanol–water partition coefficient (Wildman–Crippen LogP) is 3.37. The van der Waals surface area contributed by atoms with Crippen LogP contribution in [0.4, 0.5) is 0 Å². The maximum Gasteiger partial charge on any atom is 0.437 e.